The van der Waals surface area contributed by atoms with Crippen molar-refractivity contribution in [2.24, 2.45) is 0 Å². The molecule has 5 heteroatoms. The SMILES string of the molecule is CN(CC(=O)NC(C)(C)C)C(=O)CN1CCCc2ccccc21. The molecule has 2 amide bonds. The molecule has 0 aromatic heterocycles. The van der Waals surface area contributed by atoms with Crippen molar-refractivity contribution >= 4 is 17.5 Å². The van der Waals surface area contributed by atoms with Crippen LogP contribution in [0.3, 0.4) is 0 Å². The number of hydrogen-bond acceptors (Lipinski definition) is 3. The highest BCUT2D eigenvalue weighted by Crippen LogP contribution is 2.26. The molecule has 1 aromatic rings. The lowest BCUT2D eigenvalue weighted by atomic mass is 10.0. The van der Waals surface area contributed by atoms with Crippen LogP contribution in [0.2, 0.25) is 0 Å². The number of hydrogen-bond donors (Lipinski definition) is 1. The number of para-hydroxylation sites is 1. The minimum atomic E-state index is -0.285. The fraction of sp³-hybridized carbons (Fsp3) is 0.556. The summed E-state index contributed by atoms with van der Waals surface area (Å²) < 4.78 is 0. The van der Waals surface area contributed by atoms with E-state index in [1.165, 1.54) is 10.5 Å². The largest absolute Gasteiger partial charge is 0.362 e. The van der Waals surface area contributed by atoms with E-state index in [0.29, 0.717) is 6.54 Å². The molecule has 0 saturated carbocycles. The van der Waals surface area contributed by atoms with Crippen LogP contribution in [0.25, 0.3) is 0 Å². The van der Waals surface area contributed by atoms with Gasteiger partial charge in [-0.3, -0.25) is 9.59 Å². The summed E-state index contributed by atoms with van der Waals surface area (Å²) in [4.78, 5) is 28.0. The van der Waals surface area contributed by atoms with E-state index in [4.69, 9.17) is 0 Å². The number of likely N-dealkylation sites (N-methyl/N-ethyl adjacent to an activating group) is 1. The second-order valence-corrected chi connectivity index (χ2v) is 7.20. The summed E-state index contributed by atoms with van der Waals surface area (Å²) in [6, 6.07) is 8.22. The maximum Gasteiger partial charge on any atom is 0.242 e. The molecule has 1 N–H and O–H groups in total. The summed E-state index contributed by atoms with van der Waals surface area (Å²) in [5, 5.41) is 2.88. The molecule has 23 heavy (non-hydrogen) atoms. The minimum absolute atomic E-state index is 0.0363. The number of carbonyl (C=O) groups is 2. The van der Waals surface area contributed by atoms with E-state index >= 15 is 0 Å². The Balaban J connectivity index is 1.93. The van der Waals surface area contributed by atoms with Gasteiger partial charge in [-0.15, -0.1) is 0 Å². The van der Waals surface area contributed by atoms with E-state index in [1.54, 1.807) is 7.05 Å². The highest BCUT2D eigenvalue weighted by Gasteiger charge is 2.22. The van der Waals surface area contributed by atoms with Crippen molar-refractivity contribution in [3.8, 4) is 0 Å². The van der Waals surface area contributed by atoms with Gasteiger partial charge in [0.1, 0.15) is 0 Å². The number of carbonyl (C=O) groups excluding carboxylic acids is 2. The fourth-order valence-corrected chi connectivity index (χ4v) is 2.82. The van der Waals surface area contributed by atoms with Gasteiger partial charge in [0.05, 0.1) is 13.1 Å². The summed E-state index contributed by atoms with van der Waals surface area (Å²) in [7, 11) is 1.68. The van der Waals surface area contributed by atoms with E-state index in [-0.39, 0.29) is 23.9 Å². The number of amides is 2. The van der Waals surface area contributed by atoms with Gasteiger partial charge in [0.25, 0.3) is 0 Å². The van der Waals surface area contributed by atoms with Crippen molar-refractivity contribution in [3.05, 3.63) is 29.8 Å². The molecule has 0 unspecified atom stereocenters. The minimum Gasteiger partial charge on any atom is -0.362 e. The molecule has 0 atom stereocenters. The van der Waals surface area contributed by atoms with Gasteiger partial charge in [-0.1, -0.05) is 18.2 Å². The molecule has 0 fully saturated rings. The molecular weight excluding hydrogens is 290 g/mol. The highest BCUT2D eigenvalue weighted by molar-refractivity contribution is 5.87. The summed E-state index contributed by atoms with van der Waals surface area (Å²) in [5.41, 5.74) is 2.14. The summed E-state index contributed by atoms with van der Waals surface area (Å²) in [6.45, 7) is 7.07. The van der Waals surface area contributed by atoms with Crippen LogP contribution in [0.1, 0.15) is 32.8 Å². The van der Waals surface area contributed by atoms with E-state index in [1.807, 2.05) is 32.9 Å². The Morgan fingerprint density at radius 3 is 2.65 bits per heavy atom. The molecule has 0 spiro atoms. The molecule has 0 aliphatic carbocycles. The maximum absolute atomic E-state index is 12.4. The number of fused-ring (bicyclic) bond motifs is 1. The molecule has 1 heterocycles. The number of nitrogens with one attached hydrogen (secondary N) is 1. The average molecular weight is 317 g/mol. The zero-order chi connectivity index (χ0) is 17.0. The number of nitrogens with zero attached hydrogens (tertiary/aromatic N) is 2. The van der Waals surface area contributed by atoms with Gasteiger partial charge in [-0.05, 0) is 45.2 Å². The molecule has 0 saturated heterocycles. The first-order valence-electron chi connectivity index (χ1n) is 8.14. The van der Waals surface area contributed by atoms with Gasteiger partial charge in [-0.2, -0.15) is 0 Å². The Bertz CT molecular complexity index is 578. The summed E-state index contributed by atoms with van der Waals surface area (Å²) in [6.07, 6.45) is 2.11. The van der Waals surface area contributed by atoms with Crippen molar-refractivity contribution in [3.63, 3.8) is 0 Å². The van der Waals surface area contributed by atoms with Crippen molar-refractivity contribution in [1.82, 2.24) is 10.2 Å². The van der Waals surface area contributed by atoms with Gasteiger partial charge in [-0.25, -0.2) is 0 Å². The molecule has 1 aliphatic rings. The third-order valence-corrected chi connectivity index (χ3v) is 3.85. The standard InChI is InChI=1S/C18H27N3O2/c1-18(2,3)19-16(22)12-20(4)17(23)13-21-11-7-9-14-8-5-6-10-15(14)21/h5-6,8,10H,7,9,11-13H2,1-4H3,(H,19,22). The maximum atomic E-state index is 12.4. The van der Waals surface area contributed by atoms with Gasteiger partial charge in [0.15, 0.2) is 0 Å². The van der Waals surface area contributed by atoms with Crippen LogP contribution >= 0.6 is 0 Å². The first-order valence-corrected chi connectivity index (χ1v) is 8.14. The number of aryl methyl sites for hydroxylation is 1. The van der Waals surface area contributed by atoms with Crippen LogP contribution in [0, 0.1) is 0 Å². The molecule has 1 aliphatic heterocycles. The van der Waals surface area contributed by atoms with E-state index < -0.39 is 0 Å². The van der Waals surface area contributed by atoms with E-state index in [0.717, 1.165) is 25.1 Å². The molecule has 5 nitrogen and oxygen atoms in total. The quantitative estimate of drug-likeness (QED) is 0.921. The summed E-state index contributed by atoms with van der Waals surface area (Å²) in [5.74, 6) is -0.168. The van der Waals surface area contributed by atoms with Gasteiger partial charge >= 0.3 is 0 Å². The molecule has 1 aromatic carbocycles. The Morgan fingerprint density at radius 1 is 1.26 bits per heavy atom. The van der Waals surface area contributed by atoms with Crippen molar-refractivity contribution in [2.75, 3.05) is 31.6 Å². The second-order valence-electron chi connectivity index (χ2n) is 7.20. The lowest BCUT2D eigenvalue weighted by Crippen LogP contribution is -2.48. The van der Waals surface area contributed by atoms with Crippen LogP contribution in [-0.4, -0.2) is 48.9 Å². The smallest absolute Gasteiger partial charge is 0.242 e. The van der Waals surface area contributed by atoms with Crippen LogP contribution in [0.5, 0.6) is 0 Å². The topological polar surface area (TPSA) is 52.7 Å². The van der Waals surface area contributed by atoms with Crippen molar-refractivity contribution in [2.45, 2.75) is 39.2 Å². The van der Waals surface area contributed by atoms with Crippen LogP contribution in [-0.2, 0) is 16.0 Å². The average Bonchev–Trinajstić information content (AvgIpc) is 2.45. The third-order valence-electron chi connectivity index (χ3n) is 3.85. The predicted octanol–water partition coefficient (Wildman–Crippen LogP) is 1.81. The van der Waals surface area contributed by atoms with Crippen LogP contribution < -0.4 is 10.2 Å². The third kappa shape index (κ3) is 4.98. The van der Waals surface area contributed by atoms with E-state index in [2.05, 4.69) is 22.3 Å². The van der Waals surface area contributed by atoms with E-state index in [9.17, 15) is 9.59 Å². The van der Waals surface area contributed by atoms with Gasteiger partial charge in [0, 0.05) is 24.8 Å². The number of rotatable bonds is 4. The zero-order valence-corrected chi connectivity index (χ0v) is 14.6. The lowest BCUT2D eigenvalue weighted by molar-refractivity contribution is -0.134. The van der Waals surface area contributed by atoms with Crippen molar-refractivity contribution in [1.29, 1.82) is 0 Å². The second kappa shape index (κ2) is 7.02. The molecular formula is C18H27N3O2. The normalized spacial score (nSPS) is 14.2. The first-order chi connectivity index (χ1) is 10.8. The van der Waals surface area contributed by atoms with Gasteiger partial charge in [0.2, 0.25) is 11.8 Å². The zero-order valence-electron chi connectivity index (χ0n) is 14.6. The fourth-order valence-electron chi connectivity index (χ4n) is 2.82. The predicted molar refractivity (Wildman–Crippen MR) is 92.5 cm³/mol. The molecule has 2 rings (SSSR count). The molecule has 0 bridgehead atoms. The molecule has 126 valence electrons. The number of anilines is 1. The van der Waals surface area contributed by atoms with Crippen LogP contribution in [0.4, 0.5) is 5.69 Å². The van der Waals surface area contributed by atoms with Crippen molar-refractivity contribution < 1.29 is 9.59 Å². The van der Waals surface area contributed by atoms with Gasteiger partial charge < -0.3 is 15.1 Å². The Kier molecular flexibility index (Phi) is 5.29. The number of benzene rings is 1. The first kappa shape index (κ1) is 17.3. The summed E-state index contributed by atoms with van der Waals surface area (Å²) >= 11 is 0. The Labute approximate surface area is 138 Å². The lowest BCUT2D eigenvalue weighted by Gasteiger charge is -2.32. The Hall–Kier alpha value is -2.04. The molecule has 0 radical (unpaired) electrons. The van der Waals surface area contributed by atoms with Crippen LogP contribution in [0.15, 0.2) is 24.3 Å². The highest BCUT2D eigenvalue weighted by atomic mass is 16.2. The Morgan fingerprint density at radius 2 is 1.96 bits per heavy atom. The monoisotopic (exact) mass is 317 g/mol.